The zero-order chi connectivity index (χ0) is 11.8. The first kappa shape index (κ1) is 13.2. The first-order chi connectivity index (χ1) is 7.77. The highest BCUT2D eigenvalue weighted by Gasteiger charge is 2.11. The maximum absolute atomic E-state index is 5.26. The molecule has 0 aliphatic heterocycles. The van der Waals surface area contributed by atoms with E-state index in [1.165, 1.54) is 12.0 Å². The average molecular weight is 221 g/mol. The van der Waals surface area contributed by atoms with Gasteiger partial charge in [-0.25, -0.2) is 0 Å². The molecule has 1 aromatic carbocycles. The van der Waals surface area contributed by atoms with Crippen molar-refractivity contribution in [3.8, 4) is 0 Å². The maximum Gasteiger partial charge on any atom is 0.0657 e. The van der Waals surface area contributed by atoms with Gasteiger partial charge in [-0.1, -0.05) is 50.6 Å². The number of benzene rings is 1. The van der Waals surface area contributed by atoms with Gasteiger partial charge in [-0.3, -0.25) is 0 Å². The lowest BCUT2D eigenvalue weighted by Crippen LogP contribution is -2.29. The van der Waals surface area contributed by atoms with Crippen LogP contribution in [0.3, 0.4) is 0 Å². The summed E-state index contributed by atoms with van der Waals surface area (Å²) in [6, 6.07) is 10.8. The number of methoxy groups -OCH3 is 1. The minimum Gasteiger partial charge on any atom is -0.383 e. The van der Waals surface area contributed by atoms with Crippen molar-refractivity contribution in [3.63, 3.8) is 0 Å². The minimum atomic E-state index is 0.306. The maximum atomic E-state index is 5.26. The molecular weight excluding hydrogens is 198 g/mol. The molecule has 0 heterocycles. The molecule has 0 saturated carbocycles. The molecule has 0 aliphatic rings. The monoisotopic (exact) mass is 221 g/mol. The fourth-order valence-corrected chi connectivity index (χ4v) is 1.61. The fourth-order valence-electron chi connectivity index (χ4n) is 1.61. The Morgan fingerprint density at radius 3 is 2.50 bits per heavy atom. The van der Waals surface area contributed by atoms with Gasteiger partial charge in [-0.2, -0.15) is 0 Å². The third-order valence-corrected chi connectivity index (χ3v) is 2.94. The molecule has 1 rings (SSSR count). The molecule has 2 nitrogen and oxygen atoms in total. The average Bonchev–Trinajstić information content (AvgIpc) is 2.35. The lowest BCUT2D eigenvalue weighted by molar-refractivity contribution is 0.164. The third-order valence-electron chi connectivity index (χ3n) is 2.94. The molecule has 2 unspecified atom stereocenters. The Balaban J connectivity index is 2.54. The van der Waals surface area contributed by atoms with Gasteiger partial charge in [0.2, 0.25) is 0 Å². The van der Waals surface area contributed by atoms with Crippen LogP contribution < -0.4 is 5.32 Å². The van der Waals surface area contributed by atoms with Crippen molar-refractivity contribution < 1.29 is 4.74 Å². The van der Waals surface area contributed by atoms with Gasteiger partial charge in [0, 0.05) is 7.11 Å². The Bertz CT molecular complexity index is 273. The number of ether oxygens (including phenoxy) is 1. The molecule has 90 valence electrons. The minimum absolute atomic E-state index is 0.306. The van der Waals surface area contributed by atoms with Crippen LogP contribution >= 0.6 is 0 Å². The molecule has 16 heavy (non-hydrogen) atoms. The zero-order valence-corrected chi connectivity index (χ0v) is 10.6. The molecule has 0 spiro atoms. The second-order valence-electron chi connectivity index (χ2n) is 4.34. The molecule has 0 fully saturated rings. The molecule has 0 saturated heterocycles. The smallest absolute Gasteiger partial charge is 0.0657 e. The molecule has 1 aromatic rings. The summed E-state index contributed by atoms with van der Waals surface area (Å²) in [5.74, 6) is 0.711. The lowest BCUT2D eigenvalue weighted by Gasteiger charge is -2.20. The molecular formula is C14H23NO. The van der Waals surface area contributed by atoms with E-state index >= 15 is 0 Å². The molecule has 1 N–H and O–H groups in total. The Morgan fingerprint density at radius 2 is 1.94 bits per heavy atom. The van der Waals surface area contributed by atoms with Crippen LogP contribution in [0.4, 0.5) is 0 Å². The predicted molar refractivity (Wildman–Crippen MR) is 68.5 cm³/mol. The van der Waals surface area contributed by atoms with Crippen molar-refractivity contribution in [1.29, 1.82) is 0 Å². The first-order valence-electron chi connectivity index (χ1n) is 6.05. The van der Waals surface area contributed by atoms with E-state index in [4.69, 9.17) is 4.74 Å². The molecule has 0 bridgehead atoms. The highest BCUT2D eigenvalue weighted by Crippen LogP contribution is 2.13. The molecule has 2 heteroatoms. The van der Waals surface area contributed by atoms with Gasteiger partial charge >= 0.3 is 0 Å². The molecule has 0 aromatic heterocycles. The zero-order valence-electron chi connectivity index (χ0n) is 10.6. The van der Waals surface area contributed by atoms with Crippen molar-refractivity contribution in [3.05, 3.63) is 35.9 Å². The summed E-state index contributed by atoms with van der Waals surface area (Å²) >= 11 is 0. The summed E-state index contributed by atoms with van der Waals surface area (Å²) in [7, 11) is 1.75. The van der Waals surface area contributed by atoms with E-state index in [0.717, 1.165) is 13.2 Å². The summed E-state index contributed by atoms with van der Waals surface area (Å²) in [6.45, 7) is 6.25. The lowest BCUT2D eigenvalue weighted by atomic mass is 10.1. The van der Waals surface area contributed by atoms with Gasteiger partial charge in [-0.05, 0) is 18.0 Å². The number of nitrogens with one attached hydrogen (secondary N) is 1. The summed E-state index contributed by atoms with van der Waals surface area (Å²) in [6.07, 6.45) is 1.21. The highest BCUT2D eigenvalue weighted by molar-refractivity contribution is 5.18. The molecule has 0 aliphatic carbocycles. The van der Waals surface area contributed by atoms with Gasteiger partial charge in [-0.15, -0.1) is 0 Å². The summed E-state index contributed by atoms with van der Waals surface area (Å²) in [5.41, 5.74) is 1.30. The van der Waals surface area contributed by atoms with Crippen LogP contribution in [0.25, 0.3) is 0 Å². The third kappa shape index (κ3) is 4.33. The van der Waals surface area contributed by atoms with Crippen LogP contribution in [0.15, 0.2) is 30.3 Å². The van der Waals surface area contributed by atoms with E-state index in [0.29, 0.717) is 12.0 Å². The summed E-state index contributed by atoms with van der Waals surface area (Å²) in [5, 5.41) is 3.56. The molecule has 0 radical (unpaired) electrons. The van der Waals surface area contributed by atoms with Crippen molar-refractivity contribution in [2.24, 2.45) is 5.92 Å². The fraction of sp³-hybridized carbons (Fsp3) is 0.571. The van der Waals surface area contributed by atoms with Crippen LogP contribution in [0.5, 0.6) is 0 Å². The van der Waals surface area contributed by atoms with Crippen LogP contribution in [-0.2, 0) is 4.74 Å². The van der Waals surface area contributed by atoms with E-state index in [2.05, 4.69) is 43.4 Å². The Morgan fingerprint density at radius 1 is 1.25 bits per heavy atom. The van der Waals surface area contributed by atoms with Crippen LogP contribution in [0.2, 0.25) is 0 Å². The van der Waals surface area contributed by atoms with Crippen LogP contribution in [0, 0.1) is 5.92 Å². The Labute approximate surface area is 99.0 Å². The van der Waals surface area contributed by atoms with Crippen LogP contribution in [-0.4, -0.2) is 20.3 Å². The van der Waals surface area contributed by atoms with Crippen LogP contribution in [0.1, 0.15) is 31.9 Å². The second kappa shape index (κ2) is 7.42. The van der Waals surface area contributed by atoms with E-state index in [1.807, 2.05) is 6.07 Å². The van der Waals surface area contributed by atoms with Gasteiger partial charge in [0.1, 0.15) is 0 Å². The van der Waals surface area contributed by atoms with Gasteiger partial charge in [0.15, 0.2) is 0 Å². The van der Waals surface area contributed by atoms with Gasteiger partial charge in [0.05, 0.1) is 12.6 Å². The largest absolute Gasteiger partial charge is 0.383 e. The summed E-state index contributed by atoms with van der Waals surface area (Å²) in [4.78, 5) is 0. The second-order valence-corrected chi connectivity index (χ2v) is 4.34. The Kier molecular flexibility index (Phi) is 6.12. The van der Waals surface area contributed by atoms with Gasteiger partial charge < -0.3 is 10.1 Å². The van der Waals surface area contributed by atoms with Crippen molar-refractivity contribution >= 4 is 0 Å². The normalized spacial score (nSPS) is 14.7. The quantitative estimate of drug-likeness (QED) is 0.764. The topological polar surface area (TPSA) is 21.3 Å². The van der Waals surface area contributed by atoms with E-state index < -0.39 is 0 Å². The standard InChI is InChI=1S/C14H23NO/c1-4-12(2)10-15-14(11-16-3)13-8-6-5-7-9-13/h5-9,12,14-15H,4,10-11H2,1-3H3. The van der Waals surface area contributed by atoms with Crippen molar-refractivity contribution in [2.45, 2.75) is 26.3 Å². The number of hydrogen-bond donors (Lipinski definition) is 1. The highest BCUT2D eigenvalue weighted by atomic mass is 16.5. The molecule has 0 amide bonds. The van der Waals surface area contributed by atoms with E-state index in [-0.39, 0.29) is 0 Å². The Hall–Kier alpha value is -0.860. The number of hydrogen-bond acceptors (Lipinski definition) is 2. The SMILES string of the molecule is CCC(C)CNC(COC)c1ccccc1. The van der Waals surface area contributed by atoms with E-state index in [1.54, 1.807) is 7.11 Å². The van der Waals surface area contributed by atoms with Crippen molar-refractivity contribution in [1.82, 2.24) is 5.32 Å². The van der Waals surface area contributed by atoms with Crippen molar-refractivity contribution in [2.75, 3.05) is 20.3 Å². The van der Waals surface area contributed by atoms with E-state index in [9.17, 15) is 0 Å². The van der Waals surface area contributed by atoms with Gasteiger partial charge in [0.25, 0.3) is 0 Å². The molecule has 2 atom stereocenters. The summed E-state index contributed by atoms with van der Waals surface area (Å²) < 4.78 is 5.26. The number of rotatable bonds is 7. The first-order valence-corrected chi connectivity index (χ1v) is 6.05. The predicted octanol–water partition coefficient (Wildman–Crippen LogP) is 3.01.